The third kappa shape index (κ3) is 4.29. The number of aryl methyl sites for hydroxylation is 2. The molecule has 2 aromatic carbocycles. The molecule has 0 radical (unpaired) electrons. The highest BCUT2D eigenvalue weighted by atomic mass is 35.5. The molecule has 1 N–H and O–H groups in total. The molecular weight excluding hydrogens is 431 g/mol. The topological polar surface area (TPSA) is 68.9 Å². The van der Waals surface area contributed by atoms with Gasteiger partial charge in [-0.3, -0.25) is 9.59 Å². The molecule has 0 aliphatic carbocycles. The molecule has 4 aromatic rings. The van der Waals surface area contributed by atoms with Crippen LogP contribution in [0.4, 0.5) is 4.39 Å². The molecule has 164 valence electrons. The van der Waals surface area contributed by atoms with Crippen molar-refractivity contribution in [2.75, 3.05) is 0 Å². The number of halogens is 2. The highest BCUT2D eigenvalue weighted by Gasteiger charge is 2.17. The fourth-order valence-corrected chi connectivity index (χ4v) is 4.00. The zero-order chi connectivity index (χ0) is 22.8. The highest BCUT2D eigenvalue weighted by molar-refractivity contribution is 6.31. The van der Waals surface area contributed by atoms with E-state index in [2.05, 4.69) is 10.4 Å². The normalized spacial score (nSPS) is 11.1. The van der Waals surface area contributed by atoms with Crippen molar-refractivity contribution in [3.63, 3.8) is 0 Å². The van der Waals surface area contributed by atoms with Gasteiger partial charge >= 0.3 is 0 Å². The molecule has 0 unspecified atom stereocenters. The maximum Gasteiger partial charge on any atom is 0.276 e. The van der Waals surface area contributed by atoms with Crippen molar-refractivity contribution in [3.8, 4) is 0 Å². The molecule has 0 saturated carbocycles. The van der Waals surface area contributed by atoms with Gasteiger partial charge in [0.1, 0.15) is 12.4 Å². The van der Waals surface area contributed by atoms with Crippen molar-refractivity contribution in [2.24, 2.45) is 0 Å². The summed E-state index contributed by atoms with van der Waals surface area (Å²) in [4.78, 5) is 25.5. The number of nitrogens with one attached hydrogen (secondary N) is 1. The number of aromatic nitrogens is 3. The van der Waals surface area contributed by atoms with Gasteiger partial charge in [-0.25, -0.2) is 9.07 Å². The summed E-state index contributed by atoms with van der Waals surface area (Å²) in [5.41, 5.74) is 3.06. The van der Waals surface area contributed by atoms with Crippen molar-refractivity contribution >= 4 is 28.3 Å². The Hall–Kier alpha value is -3.45. The summed E-state index contributed by atoms with van der Waals surface area (Å²) in [7, 11) is 0. The van der Waals surface area contributed by atoms with Crippen LogP contribution >= 0.6 is 11.6 Å². The third-order valence-electron chi connectivity index (χ3n) is 5.59. The Balaban J connectivity index is 1.57. The average molecular weight is 453 g/mol. The largest absolute Gasteiger partial charge is 0.350 e. The number of nitrogens with zero attached hydrogens (tertiary/aromatic N) is 3. The molecule has 1 amide bonds. The number of benzene rings is 2. The lowest BCUT2D eigenvalue weighted by atomic mass is 10.2. The van der Waals surface area contributed by atoms with Crippen LogP contribution in [0.25, 0.3) is 10.8 Å². The van der Waals surface area contributed by atoms with Crippen LogP contribution in [0, 0.1) is 19.7 Å². The van der Waals surface area contributed by atoms with Crippen LogP contribution in [0.15, 0.2) is 59.5 Å². The molecule has 0 spiro atoms. The molecule has 0 aliphatic rings. The van der Waals surface area contributed by atoms with E-state index in [0.29, 0.717) is 17.0 Å². The van der Waals surface area contributed by atoms with Gasteiger partial charge in [-0.05, 0) is 43.2 Å². The lowest BCUT2D eigenvalue weighted by Crippen LogP contribution is -2.33. The summed E-state index contributed by atoms with van der Waals surface area (Å²) < 4.78 is 16.4. The van der Waals surface area contributed by atoms with Crippen LogP contribution in [0.1, 0.15) is 22.5 Å². The van der Waals surface area contributed by atoms with Gasteiger partial charge in [-0.1, -0.05) is 41.9 Å². The summed E-state index contributed by atoms with van der Waals surface area (Å²) >= 11 is 6.12. The van der Waals surface area contributed by atoms with Crippen LogP contribution in [0.5, 0.6) is 0 Å². The number of hydrogen-bond donors (Lipinski definition) is 1. The zero-order valence-corrected chi connectivity index (χ0v) is 18.5. The molecule has 0 fully saturated rings. The molecule has 8 heteroatoms. The van der Waals surface area contributed by atoms with Gasteiger partial charge in [0.15, 0.2) is 0 Å². The van der Waals surface area contributed by atoms with E-state index in [1.807, 2.05) is 36.6 Å². The van der Waals surface area contributed by atoms with E-state index in [0.717, 1.165) is 27.9 Å². The predicted molar refractivity (Wildman–Crippen MR) is 122 cm³/mol. The SMILES string of the molecule is Cc1c2cnn(CC(=O)NCc3ccccc3Cl)c(=O)c2c(C)n1Cc1ccc(F)cc1. The molecule has 2 aromatic heterocycles. The zero-order valence-electron chi connectivity index (χ0n) is 17.7. The predicted octanol–water partition coefficient (Wildman–Crippen LogP) is 3.97. The molecular formula is C24H22ClFN4O2. The summed E-state index contributed by atoms with van der Waals surface area (Å²) in [5, 5.41) is 8.81. The number of rotatable bonds is 6. The summed E-state index contributed by atoms with van der Waals surface area (Å²) in [6.45, 7) is 4.36. The van der Waals surface area contributed by atoms with E-state index in [4.69, 9.17) is 11.6 Å². The van der Waals surface area contributed by atoms with Crippen LogP contribution in [-0.4, -0.2) is 20.3 Å². The molecule has 32 heavy (non-hydrogen) atoms. The molecule has 6 nitrogen and oxygen atoms in total. The Morgan fingerprint density at radius 3 is 2.53 bits per heavy atom. The van der Waals surface area contributed by atoms with E-state index in [-0.39, 0.29) is 30.4 Å². The Bertz CT molecular complexity index is 1360. The lowest BCUT2D eigenvalue weighted by molar-refractivity contribution is -0.122. The summed E-state index contributed by atoms with van der Waals surface area (Å²) in [5.74, 6) is -0.626. The van der Waals surface area contributed by atoms with E-state index in [1.165, 1.54) is 16.8 Å². The maximum atomic E-state index is 13.2. The Labute approximate surface area is 189 Å². The molecule has 0 aliphatic heterocycles. The van der Waals surface area contributed by atoms with Crippen molar-refractivity contribution in [3.05, 3.63) is 98.4 Å². The number of amides is 1. The maximum absolute atomic E-state index is 13.2. The van der Waals surface area contributed by atoms with E-state index in [9.17, 15) is 14.0 Å². The standard InChI is InChI=1S/C24H22ClFN4O2/c1-15-20-12-28-30(14-22(31)27-11-18-5-3-4-6-21(18)25)24(32)23(20)16(2)29(15)13-17-7-9-19(26)10-8-17/h3-10,12H,11,13-14H2,1-2H3,(H,27,31). The van der Waals surface area contributed by atoms with Crippen molar-refractivity contribution < 1.29 is 9.18 Å². The fourth-order valence-electron chi connectivity index (χ4n) is 3.79. The van der Waals surface area contributed by atoms with Crippen LogP contribution in [-0.2, 0) is 24.4 Å². The number of carbonyl (C=O) groups is 1. The van der Waals surface area contributed by atoms with Crippen LogP contribution in [0.3, 0.4) is 0 Å². The summed E-state index contributed by atoms with van der Waals surface area (Å²) in [6, 6.07) is 13.5. The van der Waals surface area contributed by atoms with E-state index in [1.54, 1.807) is 24.4 Å². The first-order chi connectivity index (χ1) is 15.3. The molecule has 4 rings (SSSR count). The van der Waals surface area contributed by atoms with E-state index < -0.39 is 0 Å². The Morgan fingerprint density at radius 2 is 1.81 bits per heavy atom. The third-order valence-corrected chi connectivity index (χ3v) is 5.96. The van der Waals surface area contributed by atoms with Gasteiger partial charge in [-0.15, -0.1) is 0 Å². The van der Waals surface area contributed by atoms with Gasteiger partial charge in [-0.2, -0.15) is 5.10 Å². The Kier molecular flexibility index (Phi) is 6.10. The van der Waals surface area contributed by atoms with Crippen molar-refractivity contribution in [1.29, 1.82) is 0 Å². The number of fused-ring (bicyclic) bond motifs is 1. The minimum absolute atomic E-state index is 0.194. The first-order valence-electron chi connectivity index (χ1n) is 10.1. The molecule has 0 bridgehead atoms. The summed E-state index contributed by atoms with van der Waals surface area (Å²) in [6.07, 6.45) is 1.61. The quantitative estimate of drug-likeness (QED) is 0.481. The van der Waals surface area contributed by atoms with Gasteiger partial charge in [0.2, 0.25) is 5.91 Å². The minimum atomic E-state index is -0.334. The Morgan fingerprint density at radius 1 is 1.09 bits per heavy atom. The first-order valence-corrected chi connectivity index (χ1v) is 10.5. The van der Waals surface area contributed by atoms with Gasteiger partial charge in [0.05, 0.1) is 11.6 Å². The lowest BCUT2D eigenvalue weighted by Gasteiger charge is -2.09. The minimum Gasteiger partial charge on any atom is -0.350 e. The van der Waals surface area contributed by atoms with Crippen LogP contribution < -0.4 is 10.9 Å². The first kappa shape index (κ1) is 21.8. The average Bonchev–Trinajstić information content (AvgIpc) is 3.01. The second-order valence-corrected chi connectivity index (χ2v) is 8.05. The van der Waals surface area contributed by atoms with Gasteiger partial charge in [0.25, 0.3) is 5.56 Å². The van der Waals surface area contributed by atoms with E-state index >= 15 is 0 Å². The fraction of sp³-hybridized carbons (Fsp3) is 0.208. The smallest absolute Gasteiger partial charge is 0.276 e. The van der Waals surface area contributed by atoms with Crippen molar-refractivity contribution in [2.45, 2.75) is 33.5 Å². The molecule has 0 saturated heterocycles. The highest BCUT2D eigenvalue weighted by Crippen LogP contribution is 2.23. The van der Waals surface area contributed by atoms with Gasteiger partial charge < -0.3 is 9.88 Å². The van der Waals surface area contributed by atoms with Gasteiger partial charge in [0, 0.05) is 34.9 Å². The monoisotopic (exact) mass is 452 g/mol. The van der Waals surface area contributed by atoms with Crippen LogP contribution in [0.2, 0.25) is 5.02 Å². The number of carbonyl (C=O) groups excluding carboxylic acids is 1. The van der Waals surface area contributed by atoms with Crippen molar-refractivity contribution in [1.82, 2.24) is 19.7 Å². The number of hydrogen-bond acceptors (Lipinski definition) is 3. The second-order valence-electron chi connectivity index (χ2n) is 7.65. The molecule has 0 atom stereocenters. The second kappa shape index (κ2) is 8.96. The molecule has 2 heterocycles.